The van der Waals surface area contributed by atoms with Gasteiger partial charge in [0.2, 0.25) is 5.95 Å². The minimum Gasteiger partial charge on any atom is -0.390 e. The summed E-state index contributed by atoms with van der Waals surface area (Å²) in [5.74, 6) is 0.783. The maximum Gasteiger partial charge on any atom is 0.225 e. The van der Waals surface area contributed by atoms with Crippen molar-refractivity contribution in [2.45, 2.75) is 39.2 Å². The Morgan fingerprint density at radius 2 is 1.88 bits per heavy atom. The Morgan fingerprint density at radius 3 is 2.50 bits per heavy atom. The predicted octanol–water partition coefficient (Wildman–Crippen LogP) is 1.66. The van der Waals surface area contributed by atoms with Crippen LogP contribution >= 0.6 is 0 Å². The lowest BCUT2D eigenvalue weighted by atomic mass is 10.2. The number of hydrogen-bond donors (Lipinski definition) is 1. The molecule has 1 saturated heterocycles. The summed E-state index contributed by atoms with van der Waals surface area (Å²) in [7, 11) is 0. The second kappa shape index (κ2) is 5.25. The van der Waals surface area contributed by atoms with E-state index in [4.69, 9.17) is 5.11 Å². The largest absolute Gasteiger partial charge is 0.390 e. The van der Waals surface area contributed by atoms with Gasteiger partial charge in [-0.15, -0.1) is 0 Å². The number of nitrogens with zero attached hydrogens (tertiary/aromatic N) is 3. The molecule has 16 heavy (non-hydrogen) atoms. The number of hydrogen-bond acceptors (Lipinski definition) is 4. The maximum atomic E-state index is 9.13. The Balaban J connectivity index is 2.20. The summed E-state index contributed by atoms with van der Waals surface area (Å²) in [6, 6.07) is 1.83. The highest BCUT2D eigenvalue weighted by molar-refractivity contribution is 5.32. The molecule has 0 atom stereocenters. The summed E-state index contributed by atoms with van der Waals surface area (Å²) in [4.78, 5) is 11.1. The molecule has 0 spiro atoms. The minimum atomic E-state index is -0.00972. The second-order valence-electron chi connectivity index (χ2n) is 4.36. The van der Waals surface area contributed by atoms with E-state index in [1.54, 1.807) is 0 Å². The standard InChI is InChI=1S/C12H19N3O/c1-10-8-11(9-16)14-12(13-10)15-6-4-2-3-5-7-15/h8,16H,2-7,9H2,1H3. The fraction of sp³-hybridized carbons (Fsp3) is 0.667. The molecule has 4 heteroatoms. The first-order valence-electron chi connectivity index (χ1n) is 6.00. The molecule has 0 bridgehead atoms. The molecule has 0 aromatic carbocycles. The predicted molar refractivity (Wildman–Crippen MR) is 63.4 cm³/mol. The van der Waals surface area contributed by atoms with Gasteiger partial charge in [0, 0.05) is 18.8 Å². The fourth-order valence-corrected chi connectivity index (χ4v) is 2.11. The van der Waals surface area contributed by atoms with Crippen molar-refractivity contribution in [2.24, 2.45) is 0 Å². The first-order valence-corrected chi connectivity index (χ1v) is 6.00. The maximum absolute atomic E-state index is 9.13. The molecule has 1 aliphatic heterocycles. The van der Waals surface area contributed by atoms with E-state index in [0.717, 1.165) is 24.7 Å². The smallest absolute Gasteiger partial charge is 0.225 e. The molecule has 0 radical (unpaired) electrons. The molecule has 88 valence electrons. The average Bonchev–Trinajstić information content (AvgIpc) is 2.56. The van der Waals surface area contributed by atoms with E-state index in [9.17, 15) is 0 Å². The second-order valence-corrected chi connectivity index (χ2v) is 4.36. The Labute approximate surface area is 96.3 Å². The summed E-state index contributed by atoms with van der Waals surface area (Å²) in [5, 5.41) is 9.13. The summed E-state index contributed by atoms with van der Waals surface area (Å²) < 4.78 is 0. The Kier molecular flexibility index (Phi) is 3.72. The number of rotatable bonds is 2. The van der Waals surface area contributed by atoms with Crippen molar-refractivity contribution in [2.75, 3.05) is 18.0 Å². The van der Waals surface area contributed by atoms with Crippen molar-refractivity contribution in [3.63, 3.8) is 0 Å². The number of anilines is 1. The highest BCUT2D eigenvalue weighted by atomic mass is 16.3. The topological polar surface area (TPSA) is 49.3 Å². The molecular formula is C12H19N3O. The third-order valence-electron chi connectivity index (χ3n) is 2.95. The normalized spacial score (nSPS) is 17.2. The van der Waals surface area contributed by atoms with Crippen LogP contribution in [-0.4, -0.2) is 28.2 Å². The van der Waals surface area contributed by atoms with E-state index in [1.807, 2.05) is 13.0 Å². The van der Waals surface area contributed by atoms with Crippen LogP contribution in [0.15, 0.2) is 6.07 Å². The zero-order valence-corrected chi connectivity index (χ0v) is 9.82. The highest BCUT2D eigenvalue weighted by Crippen LogP contribution is 2.16. The molecule has 1 aliphatic rings. The van der Waals surface area contributed by atoms with Gasteiger partial charge < -0.3 is 10.0 Å². The SMILES string of the molecule is Cc1cc(CO)nc(N2CCCCCC2)n1. The molecule has 2 rings (SSSR count). The van der Waals surface area contributed by atoms with Crippen LogP contribution in [0, 0.1) is 6.92 Å². The molecule has 2 heterocycles. The van der Waals surface area contributed by atoms with E-state index in [-0.39, 0.29) is 6.61 Å². The van der Waals surface area contributed by atoms with Crippen LogP contribution in [0.3, 0.4) is 0 Å². The van der Waals surface area contributed by atoms with Crippen LogP contribution in [0.4, 0.5) is 5.95 Å². The lowest BCUT2D eigenvalue weighted by Gasteiger charge is -2.20. The molecule has 1 N–H and O–H groups in total. The molecule has 0 unspecified atom stereocenters. The summed E-state index contributed by atoms with van der Waals surface area (Å²) >= 11 is 0. The van der Waals surface area contributed by atoms with Gasteiger partial charge in [-0.25, -0.2) is 9.97 Å². The third-order valence-corrected chi connectivity index (χ3v) is 2.95. The van der Waals surface area contributed by atoms with Crippen molar-refractivity contribution < 1.29 is 5.11 Å². The molecule has 1 fully saturated rings. The highest BCUT2D eigenvalue weighted by Gasteiger charge is 2.13. The van der Waals surface area contributed by atoms with Crippen LogP contribution in [0.2, 0.25) is 0 Å². The van der Waals surface area contributed by atoms with Gasteiger partial charge in [0.15, 0.2) is 0 Å². The average molecular weight is 221 g/mol. The number of aliphatic hydroxyl groups excluding tert-OH is 1. The van der Waals surface area contributed by atoms with Crippen LogP contribution in [0.25, 0.3) is 0 Å². The zero-order chi connectivity index (χ0) is 11.4. The Bertz CT molecular complexity index is 346. The van der Waals surface area contributed by atoms with E-state index in [2.05, 4.69) is 14.9 Å². The molecule has 0 saturated carbocycles. The van der Waals surface area contributed by atoms with E-state index in [1.165, 1.54) is 25.7 Å². The summed E-state index contributed by atoms with van der Waals surface area (Å²) in [6.07, 6.45) is 5.03. The fourth-order valence-electron chi connectivity index (χ4n) is 2.11. The van der Waals surface area contributed by atoms with Gasteiger partial charge in [0.05, 0.1) is 12.3 Å². The van der Waals surface area contributed by atoms with Gasteiger partial charge in [0.25, 0.3) is 0 Å². The van der Waals surface area contributed by atoms with Crippen LogP contribution in [0.5, 0.6) is 0 Å². The summed E-state index contributed by atoms with van der Waals surface area (Å²) in [5.41, 5.74) is 1.64. The van der Waals surface area contributed by atoms with Crippen LogP contribution in [-0.2, 0) is 6.61 Å². The molecular weight excluding hydrogens is 202 g/mol. The molecule has 0 amide bonds. The van der Waals surface area contributed by atoms with Crippen molar-refractivity contribution in [1.82, 2.24) is 9.97 Å². The molecule has 1 aromatic rings. The molecule has 4 nitrogen and oxygen atoms in total. The summed E-state index contributed by atoms with van der Waals surface area (Å²) in [6.45, 7) is 4.01. The lowest BCUT2D eigenvalue weighted by molar-refractivity contribution is 0.276. The van der Waals surface area contributed by atoms with Gasteiger partial charge in [-0.05, 0) is 25.8 Å². The third kappa shape index (κ3) is 2.70. The number of aryl methyl sites for hydroxylation is 1. The van der Waals surface area contributed by atoms with Crippen molar-refractivity contribution in [1.29, 1.82) is 0 Å². The van der Waals surface area contributed by atoms with Gasteiger partial charge in [-0.3, -0.25) is 0 Å². The zero-order valence-electron chi connectivity index (χ0n) is 9.82. The number of aromatic nitrogens is 2. The Hall–Kier alpha value is -1.16. The van der Waals surface area contributed by atoms with Crippen LogP contribution < -0.4 is 4.90 Å². The van der Waals surface area contributed by atoms with E-state index >= 15 is 0 Å². The first-order chi connectivity index (χ1) is 7.79. The van der Waals surface area contributed by atoms with E-state index in [0.29, 0.717) is 5.69 Å². The minimum absolute atomic E-state index is 0.00972. The Morgan fingerprint density at radius 1 is 1.19 bits per heavy atom. The van der Waals surface area contributed by atoms with Gasteiger partial charge >= 0.3 is 0 Å². The quantitative estimate of drug-likeness (QED) is 0.825. The van der Waals surface area contributed by atoms with Gasteiger partial charge in [0.1, 0.15) is 0 Å². The van der Waals surface area contributed by atoms with Crippen molar-refractivity contribution in [3.8, 4) is 0 Å². The van der Waals surface area contributed by atoms with Gasteiger partial charge in [-0.1, -0.05) is 12.8 Å². The monoisotopic (exact) mass is 221 g/mol. The first kappa shape index (κ1) is 11.3. The number of aliphatic hydroxyl groups is 1. The molecule has 0 aliphatic carbocycles. The van der Waals surface area contributed by atoms with Gasteiger partial charge in [-0.2, -0.15) is 0 Å². The van der Waals surface area contributed by atoms with Crippen LogP contribution in [0.1, 0.15) is 37.1 Å². The lowest BCUT2D eigenvalue weighted by Crippen LogP contribution is -2.26. The molecule has 1 aromatic heterocycles. The van der Waals surface area contributed by atoms with Crippen molar-refractivity contribution >= 4 is 5.95 Å². The van der Waals surface area contributed by atoms with E-state index < -0.39 is 0 Å². The van der Waals surface area contributed by atoms with Crippen molar-refractivity contribution in [3.05, 3.63) is 17.5 Å².